The Morgan fingerprint density at radius 3 is 2.41 bits per heavy atom. The zero-order valence-corrected chi connectivity index (χ0v) is 17.4. The summed E-state index contributed by atoms with van der Waals surface area (Å²) < 4.78 is 3.87. The van der Waals surface area contributed by atoms with E-state index in [1.165, 1.54) is 19.3 Å². The van der Waals surface area contributed by atoms with Crippen molar-refractivity contribution in [2.45, 2.75) is 38.1 Å². The predicted molar refractivity (Wildman–Crippen MR) is 119 cm³/mol. The molecule has 1 saturated carbocycles. The number of nitrogens with one attached hydrogen (secondary N) is 1. The molecular weight excluding hydrogens is 405 g/mol. The molecule has 2 heterocycles. The molecule has 29 heavy (non-hydrogen) atoms. The summed E-state index contributed by atoms with van der Waals surface area (Å²) in [5.41, 5.74) is 4.25. The van der Waals surface area contributed by atoms with Gasteiger partial charge in [-0.05, 0) is 43.2 Å². The van der Waals surface area contributed by atoms with E-state index in [4.69, 9.17) is 23.2 Å². The number of fused-ring (bicyclic) bond motifs is 1. The van der Waals surface area contributed by atoms with Crippen molar-refractivity contribution in [2.75, 3.05) is 0 Å². The number of hydrogen-bond donors (Lipinski definition) is 1. The Bertz CT molecular complexity index is 1180. The molecule has 2 aliphatic heterocycles. The molecule has 4 nitrogen and oxygen atoms in total. The van der Waals surface area contributed by atoms with Gasteiger partial charge in [-0.1, -0.05) is 60.7 Å². The number of nitrogens with zero attached hydrogens (tertiary/aromatic N) is 2. The van der Waals surface area contributed by atoms with Gasteiger partial charge in [0.2, 0.25) is 0 Å². The average Bonchev–Trinajstić information content (AvgIpc) is 3.26. The molecular formula is C23H21Cl2N3O. The van der Waals surface area contributed by atoms with Crippen LogP contribution in [0.5, 0.6) is 0 Å². The molecule has 6 heteroatoms. The summed E-state index contributed by atoms with van der Waals surface area (Å²) in [6.07, 6.45) is 7.74. The van der Waals surface area contributed by atoms with Gasteiger partial charge < -0.3 is 4.57 Å². The van der Waals surface area contributed by atoms with Crippen LogP contribution in [0.3, 0.4) is 0 Å². The molecule has 0 aromatic heterocycles. The summed E-state index contributed by atoms with van der Waals surface area (Å²) in [6.45, 7) is 0. The molecule has 1 fully saturated rings. The first-order chi connectivity index (χ1) is 14.1. The van der Waals surface area contributed by atoms with Gasteiger partial charge >= 0.3 is 0 Å². The molecule has 2 aromatic carbocycles. The van der Waals surface area contributed by atoms with Crippen molar-refractivity contribution >= 4 is 23.2 Å². The fraction of sp³-hybridized carbons (Fsp3) is 0.261. The second-order valence-corrected chi connectivity index (χ2v) is 8.58. The van der Waals surface area contributed by atoms with E-state index < -0.39 is 0 Å². The number of aromatic amines is 1. The second-order valence-electron chi connectivity index (χ2n) is 7.70. The summed E-state index contributed by atoms with van der Waals surface area (Å²) in [6, 6.07) is 15.5. The van der Waals surface area contributed by atoms with Crippen molar-refractivity contribution < 1.29 is 0 Å². The minimum absolute atomic E-state index is 0.0638. The fourth-order valence-corrected chi connectivity index (χ4v) is 4.74. The van der Waals surface area contributed by atoms with Crippen molar-refractivity contribution in [1.82, 2.24) is 14.3 Å². The van der Waals surface area contributed by atoms with Crippen LogP contribution in [0, 0.1) is 0 Å². The van der Waals surface area contributed by atoms with Gasteiger partial charge in [0.25, 0.3) is 5.56 Å². The molecule has 2 aromatic rings. The maximum absolute atomic E-state index is 13.5. The highest BCUT2D eigenvalue weighted by Gasteiger charge is 2.28. The molecule has 0 radical (unpaired) electrons. The van der Waals surface area contributed by atoms with Crippen LogP contribution in [0.25, 0.3) is 28.2 Å². The van der Waals surface area contributed by atoms with E-state index in [0.29, 0.717) is 15.6 Å². The Labute approximate surface area is 179 Å². The lowest BCUT2D eigenvalue weighted by atomic mass is 9.95. The molecule has 0 atom stereocenters. The molecule has 3 aliphatic rings. The van der Waals surface area contributed by atoms with Crippen LogP contribution in [-0.4, -0.2) is 14.3 Å². The van der Waals surface area contributed by atoms with E-state index in [0.717, 1.165) is 35.5 Å². The molecule has 5 rings (SSSR count). The number of halogens is 2. The van der Waals surface area contributed by atoms with Crippen LogP contribution in [0.15, 0.2) is 59.5 Å². The quantitative estimate of drug-likeness (QED) is 0.397. The largest absolute Gasteiger partial charge is 0.310 e. The number of rotatable bonds is 3. The van der Waals surface area contributed by atoms with E-state index in [1.54, 1.807) is 0 Å². The summed E-state index contributed by atoms with van der Waals surface area (Å²) in [4.78, 5) is 13.5. The Kier molecular flexibility index (Phi) is 4.76. The molecule has 0 amide bonds. The second kappa shape index (κ2) is 7.43. The third kappa shape index (κ3) is 3.30. The van der Waals surface area contributed by atoms with Gasteiger partial charge in [0.15, 0.2) is 0 Å². The van der Waals surface area contributed by atoms with E-state index in [1.807, 2.05) is 64.0 Å². The van der Waals surface area contributed by atoms with Gasteiger partial charge in [0.05, 0.1) is 22.6 Å². The predicted octanol–water partition coefficient (Wildman–Crippen LogP) is 6.55. The van der Waals surface area contributed by atoms with Crippen LogP contribution in [0.2, 0.25) is 10.0 Å². The van der Waals surface area contributed by atoms with Gasteiger partial charge in [-0.3, -0.25) is 14.6 Å². The third-order valence-electron chi connectivity index (χ3n) is 5.83. The van der Waals surface area contributed by atoms with Crippen LogP contribution in [-0.2, 0) is 0 Å². The zero-order chi connectivity index (χ0) is 20.0. The first-order valence-corrected chi connectivity index (χ1v) is 10.7. The third-order valence-corrected chi connectivity index (χ3v) is 6.32. The van der Waals surface area contributed by atoms with Crippen LogP contribution >= 0.6 is 23.2 Å². The summed E-state index contributed by atoms with van der Waals surface area (Å²) in [5, 5.41) is 4.73. The summed E-state index contributed by atoms with van der Waals surface area (Å²) in [5.74, 6) is 0. The van der Waals surface area contributed by atoms with Gasteiger partial charge in [0.1, 0.15) is 0 Å². The van der Waals surface area contributed by atoms with Crippen molar-refractivity contribution in [2.24, 2.45) is 0 Å². The Morgan fingerprint density at radius 2 is 1.69 bits per heavy atom. The van der Waals surface area contributed by atoms with E-state index in [-0.39, 0.29) is 11.6 Å². The average molecular weight is 426 g/mol. The lowest BCUT2D eigenvalue weighted by Crippen LogP contribution is -2.22. The van der Waals surface area contributed by atoms with Crippen LogP contribution < -0.4 is 5.56 Å². The highest BCUT2D eigenvalue weighted by molar-refractivity contribution is 6.31. The maximum Gasteiger partial charge on any atom is 0.262 e. The minimum Gasteiger partial charge on any atom is -0.310 e. The molecule has 148 valence electrons. The molecule has 0 bridgehead atoms. The van der Waals surface area contributed by atoms with Crippen molar-refractivity contribution in [3.05, 3.63) is 75.1 Å². The van der Waals surface area contributed by atoms with Gasteiger partial charge in [-0.2, -0.15) is 0 Å². The first-order valence-electron chi connectivity index (χ1n) is 9.99. The van der Waals surface area contributed by atoms with Gasteiger partial charge in [-0.25, -0.2) is 0 Å². The van der Waals surface area contributed by atoms with E-state index in [2.05, 4.69) is 5.10 Å². The monoisotopic (exact) mass is 425 g/mol. The van der Waals surface area contributed by atoms with Crippen molar-refractivity contribution in [3.8, 4) is 28.2 Å². The lowest BCUT2D eigenvalue weighted by molar-refractivity contribution is 0.349. The summed E-state index contributed by atoms with van der Waals surface area (Å²) in [7, 11) is 0. The zero-order valence-electron chi connectivity index (χ0n) is 15.9. The SMILES string of the molecule is O=c1c2c(-c3ccc(Cl)cc3)n(-c3cccc(Cl)c3)[nH]c-2cn1C1CCCCC1. The molecule has 1 aliphatic carbocycles. The van der Waals surface area contributed by atoms with Gasteiger partial charge in [-0.15, -0.1) is 0 Å². The topological polar surface area (TPSA) is 42.7 Å². The number of H-pyrrole nitrogens is 1. The molecule has 0 unspecified atom stereocenters. The van der Waals surface area contributed by atoms with Crippen molar-refractivity contribution in [1.29, 1.82) is 0 Å². The van der Waals surface area contributed by atoms with Crippen LogP contribution in [0.1, 0.15) is 38.1 Å². The Hall–Kier alpha value is -2.43. The number of hydrogen-bond acceptors (Lipinski definition) is 1. The summed E-state index contributed by atoms with van der Waals surface area (Å²) >= 11 is 12.3. The minimum atomic E-state index is 0.0638. The standard InChI is InChI=1S/C23H21Cl2N3O/c24-16-11-9-15(10-12-16)22-21-20(26-28(22)19-8-4-5-17(25)13-19)14-27(23(21)29)18-6-2-1-3-7-18/h4-5,8-14,18,26H,1-3,6-7H2. The number of aromatic nitrogens is 3. The van der Waals surface area contributed by atoms with E-state index >= 15 is 0 Å². The van der Waals surface area contributed by atoms with Crippen LogP contribution in [0.4, 0.5) is 0 Å². The molecule has 0 spiro atoms. The van der Waals surface area contributed by atoms with Gasteiger partial charge in [0, 0.05) is 27.8 Å². The highest BCUT2D eigenvalue weighted by Crippen LogP contribution is 2.37. The smallest absolute Gasteiger partial charge is 0.262 e. The molecule has 0 saturated heterocycles. The maximum atomic E-state index is 13.5. The lowest BCUT2D eigenvalue weighted by Gasteiger charge is -2.22. The van der Waals surface area contributed by atoms with E-state index in [9.17, 15) is 4.79 Å². The Balaban J connectivity index is 1.74. The first kappa shape index (κ1) is 18.6. The Morgan fingerprint density at radius 1 is 0.931 bits per heavy atom. The fourth-order valence-electron chi connectivity index (χ4n) is 4.43. The molecule has 1 N–H and O–H groups in total. The number of benzene rings is 2. The highest BCUT2D eigenvalue weighted by atomic mass is 35.5. The normalized spacial score (nSPS) is 15.2. The van der Waals surface area contributed by atoms with Crippen molar-refractivity contribution in [3.63, 3.8) is 0 Å².